The minimum absolute atomic E-state index is 0.423. The van der Waals surface area contributed by atoms with E-state index in [0.717, 1.165) is 13.0 Å². The SMILES string of the molecule is CCCCCCCCC=CCCCCCCCCN[C@@H](C)C(=O)O. The quantitative estimate of drug-likeness (QED) is 0.235. The van der Waals surface area contributed by atoms with Crippen LogP contribution in [0.1, 0.15) is 104 Å². The second-order valence-electron chi connectivity index (χ2n) is 6.95. The minimum atomic E-state index is -0.764. The Kier molecular flexibility index (Phi) is 17.9. The molecular weight excluding hydrogens is 298 g/mol. The van der Waals surface area contributed by atoms with Gasteiger partial charge in [0.15, 0.2) is 0 Å². The normalized spacial score (nSPS) is 12.8. The summed E-state index contributed by atoms with van der Waals surface area (Å²) in [6.45, 7) is 4.78. The van der Waals surface area contributed by atoms with Crippen LogP contribution in [0.15, 0.2) is 12.2 Å². The molecule has 0 aliphatic rings. The third-order valence-electron chi connectivity index (χ3n) is 4.51. The van der Waals surface area contributed by atoms with E-state index in [9.17, 15) is 4.79 Å². The highest BCUT2D eigenvalue weighted by atomic mass is 16.4. The molecule has 3 nitrogen and oxygen atoms in total. The predicted octanol–water partition coefficient (Wildman–Crippen LogP) is 6.09. The van der Waals surface area contributed by atoms with Crippen LogP contribution in [0.4, 0.5) is 0 Å². The molecule has 0 saturated carbocycles. The molecule has 1 atom stereocenters. The van der Waals surface area contributed by atoms with Crippen molar-refractivity contribution in [1.82, 2.24) is 5.32 Å². The molecule has 2 N–H and O–H groups in total. The smallest absolute Gasteiger partial charge is 0.320 e. The lowest BCUT2D eigenvalue weighted by molar-refractivity contribution is -0.138. The molecule has 0 bridgehead atoms. The van der Waals surface area contributed by atoms with Gasteiger partial charge in [0, 0.05) is 0 Å². The number of aliphatic carboxylic acids is 1. The van der Waals surface area contributed by atoms with Crippen molar-refractivity contribution < 1.29 is 9.90 Å². The molecule has 0 aromatic heterocycles. The summed E-state index contributed by atoms with van der Waals surface area (Å²) in [5, 5.41) is 11.8. The van der Waals surface area contributed by atoms with E-state index < -0.39 is 12.0 Å². The van der Waals surface area contributed by atoms with Gasteiger partial charge in [-0.05, 0) is 45.6 Å². The van der Waals surface area contributed by atoms with Crippen LogP contribution in [0.5, 0.6) is 0 Å². The van der Waals surface area contributed by atoms with E-state index in [0.29, 0.717) is 0 Å². The van der Waals surface area contributed by atoms with Gasteiger partial charge in [-0.2, -0.15) is 0 Å². The molecule has 0 rings (SSSR count). The average Bonchev–Trinajstić information content (AvgIpc) is 2.57. The fraction of sp³-hybridized carbons (Fsp3) is 0.857. The lowest BCUT2D eigenvalue weighted by Gasteiger charge is -2.08. The number of unbranched alkanes of at least 4 members (excludes halogenated alkanes) is 12. The van der Waals surface area contributed by atoms with Gasteiger partial charge in [-0.1, -0.05) is 76.9 Å². The van der Waals surface area contributed by atoms with Crippen molar-refractivity contribution in [3.05, 3.63) is 12.2 Å². The van der Waals surface area contributed by atoms with E-state index in [1.807, 2.05) is 0 Å². The van der Waals surface area contributed by atoms with Gasteiger partial charge in [0.1, 0.15) is 6.04 Å². The number of hydrogen-bond acceptors (Lipinski definition) is 2. The Morgan fingerprint density at radius 1 is 0.833 bits per heavy atom. The number of rotatable bonds is 18. The zero-order chi connectivity index (χ0) is 17.9. The highest BCUT2D eigenvalue weighted by Crippen LogP contribution is 2.09. The monoisotopic (exact) mass is 339 g/mol. The van der Waals surface area contributed by atoms with Crippen LogP contribution in [-0.4, -0.2) is 23.7 Å². The van der Waals surface area contributed by atoms with Crippen LogP contribution in [0.2, 0.25) is 0 Å². The molecule has 0 aromatic rings. The molecule has 0 spiro atoms. The lowest BCUT2D eigenvalue weighted by Crippen LogP contribution is -2.34. The summed E-state index contributed by atoms with van der Waals surface area (Å²) in [6.07, 6.45) is 23.0. The van der Waals surface area contributed by atoms with Crippen molar-refractivity contribution in [3.8, 4) is 0 Å². The number of allylic oxidation sites excluding steroid dienone is 2. The first kappa shape index (κ1) is 23.2. The Balaban J connectivity index is 3.14. The van der Waals surface area contributed by atoms with E-state index in [2.05, 4.69) is 24.4 Å². The molecule has 3 heteroatoms. The summed E-state index contributed by atoms with van der Waals surface area (Å²) in [5.74, 6) is -0.764. The van der Waals surface area contributed by atoms with Gasteiger partial charge in [-0.15, -0.1) is 0 Å². The van der Waals surface area contributed by atoms with Gasteiger partial charge in [-0.25, -0.2) is 0 Å². The maximum Gasteiger partial charge on any atom is 0.320 e. The Hall–Kier alpha value is -0.830. The van der Waals surface area contributed by atoms with E-state index in [1.54, 1.807) is 6.92 Å². The summed E-state index contributed by atoms with van der Waals surface area (Å²) in [7, 11) is 0. The molecule has 0 heterocycles. The number of carboxylic acid groups (broad SMARTS) is 1. The van der Waals surface area contributed by atoms with Crippen LogP contribution in [-0.2, 0) is 4.79 Å². The highest BCUT2D eigenvalue weighted by Gasteiger charge is 2.07. The van der Waals surface area contributed by atoms with Crippen molar-refractivity contribution in [2.45, 2.75) is 110 Å². The van der Waals surface area contributed by atoms with Crippen molar-refractivity contribution in [2.24, 2.45) is 0 Å². The van der Waals surface area contributed by atoms with Gasteiger partial charge in [0.05, 0.1) is 0 Å². The second kappa shape index (κ2) is 18.5. The van der Waals surface area contributed by atoms with Crippen LogP contribution in [0.25, 0.3) is 0 Å². The van der Waals surface area contributed by atoms with Crippen LogP contribution in [0, 0.1) is 0 Å². The Morgan fingerprint density at radius 3 is 1.79 bits per heavy atom. The van der Waals surface area contributed by atoms with Gasteiger partial charge in [0.25, 0.3) is 0 Å². The van der Waals surface area contributed by atoms with Gasteiger partial charge < -0.3 is 10.4 Å². The highest BCUT2D eigenvalue weighted by molar-refractivity contribution is 5.72. The van der Waals surface area contributed by atoms with E-state index in [4.69, 9.17) is 5.11 Å². The predicted molar refractivity (Wildman–Crippen MR) is 105 cm³/mol. The molecule has 0 aliphatic heterocycles. The number of carbonyl (C=O) groups is 1. The maximum absolute atomic E-state index is 10.6. The molecule has 0 aliphatic carbocycles. The van der Waals surface area contributed by atoms with Gasteiger partial charge in [-0.3, -0.25) is 4.79 Å². The fourth-order valence-electron chi connectivity index (χ4n) is 2.78. The Labute approximate surface area is 150 Å². The molecule has 0 radical (unpaired) electrons. The van der Waals surface area contributed by atoms with Crippen LogP contribution in [0.3, 0.4) is 0 Å². The molecule has 0 amide bonds. The van der Waals surface area contributed by atoms with E-state index in [-0.39, 0.29) is 0 Å². The first-order valence-electron chi connectivity index (χ1n) is 10.3. The molecule has 0 fully saturated rings. The average molecular weight is 340 g/mol. The van der Waals surface area contributed by atoms with E-state index >= 15 is 0 Å². The standard InChI is InChI=1S/C21H41NO2/c1-3-4-5-6-7-8-9-10-11-12-13-14-15-16-17-18-19-22-20(2)21(23)24/h10-11,20,22H,3-9,12-19H2,1-2H3,(H,23,24)/t20-/m0/s1. The van der Waals surface area contributed by atoms with Crippen LogP contribution < -0.4 is 5.32 Å². The number of hydrogen-bond donors (Lipinski definition) is 2. The van der Waals surface area contributed by atoms with Gasteiger partial charge >= 0.3 is 5.97 Å². The number of nitrogens with one attached hydrogen (secondary N) is 1. The summed E-state index contributed by atoms with van der Waals surface area (Å²) in [6, 6.07) is -0.423. The largest absolute Gasteiger partial charge is 0.480 e. The summed E-state index contributed by atoms with van der Waals surface area (Å²) in [5.41, 5.74) is 0. The molecule has 0 saturated heterocycles. The second-order valence-corrected chi connectivity index (χ2v) is 6.95. The number of carboxylic acids is 1. The summed E-state index contributed by atoms with van der Waals surface area (Å²) >= 11 is 0. The summed E-state index contributed by atoms with van der Waals surface area (Å²) in [4.78, 5) is 10.6. The topological polar surface area (TPSA) is 49.3 Å². The summed E-state index contributed by atoms with van der Waals surface area (Å²) < 4.78 is 0. The van der Waals surface area contributed by atoms with Crippen molar-refractivity contribution in [1.29, 1.82) is 0 Å². The van der Waals surface area contributed by atoms with Crippen molar-refractivity contribution in [3.63, 3.8) is 0 Å². The van der Waals surface area contributed by atoms with Crippen LogP contribution >= 0.6 is 0 Å². The maximum atomic E-state index is 10.6. The molecule has 0 unspecified atom stereocenters. The Bertz CT molecular complexity index is 302. The van der Waals surface area contributed by atoms with Crippen molar-refractivity contribution >= 4 is 5.97 Å². The first-order chi connectivity index (χ1) is 11.7. The fourth-order valence-corrected chi connectivity index (χ4v) is 2.78. The zero-order valence-corrected chi connectivity index (χ0v) is 16.2. The zero-order valence-electron chi connectivity index (χ0n) is 16.2. The Morgan fingerprint density at radius 2 is 1.29 bits per heavy atom. The molecule has 142 valence electrons. The van der Waals surface area contributed by atoms with Crippen molar-refractivity contribution in [2.75, 3.05) is 6.54 Å². The molecule has 24 heavy (non-hydrogen) atoms. The molecule has 0 aromatic carbocycles. The van der Waals surface area contributed by atoms with Gasteiger partial charge in [0.2, 0.25) is 0 Å². The minimum Gasteiger partial charge on any atom is -0.480 e. The first-order valence-corrected chi connectivity index (χ1v) is 10.3. The van der Waals surface area contributed by atoms with E-state index in [1.165, 1.54) is 83.5 Å². The third-order valence-corrected chi connectivity index (χ3v) is 4.51. The third kappa shape index (κ3) is 17.5. The lowest BCUT2D eigenvalue weighted by atomic mass is 10.1. The molecular formula is C21H41NO2.